The van der Waals surface area contributed by atoms with Crippen molar-refractivity contribution in [3.63, 3.8) is 0 Å². The predicted octanol–water partition coefficient (Wildman–Crippen LogP) is 4.18. The zero-order valence-corrected chi connectivity index (χ0v) is 11.2. The Labute approximate surface area is 99.0 Å². The van der Waals surface area contributed by atoms with Crippen LogP contribution in [0, 0.1) is 0 Å². The molecule has 1 N–H and O–H groups in total. The second-order valence-corrected chi connectivity index (χ2v) is 5.32. The van der Waals surface area contributed by atoms with Crippen molar-refractivity contribution in [2.24, 2.45) is 0 Å². The van der Waals surface area contributed by atoms with Gasteiger partial charge in [-0.25, -0.2) is 0 Å². The van der Waals surface area contributed by atoms with Gasteiger partial charge in [0, 0.05) is 21.9 Å². The molecule has 0 aromatic carbocycles. The summed E-state index contributed by atoms with van der Waals surface area (Å²) in [7, 11) is 0. The molecule has 0 saturated heterocycles. The molecule has 1 nitrogen and oxygen atoms in total. The van der Waals surface area contributed by atoms with E-state index in [1.165, 1.54) is 28.6 Å². The van der Waals surface area contributed by atoms with E-state index in [1.807, 2.05) is 11.3 Å². The van der Waals surface area contributed by atoms with Gasteiger partial charge in [0.15, 0.2) is 0 Å². The Morgan fingerprint density at radius 1 is 1.50 bits per heavy atom. The molecule has 14 heavy (non-hydrogen) atoms. The summed E-state index contributed by atoms with van der Waals surface area (Å²) in [5.41, 5.74) is 0. The predicted molar refractivity (Wildman–Crippen MR) is 67.8 cm³/mol. The molecular weight excluding hydrogens is 258 g/mol. The molecule has 1 unspecified atom stereocenters. The minimum absolute atomic E-state index is 0.675. The van der Waals surface area contributed by atoms with Crippen molar-refractivity contribution >= 4 is 27.3 Å². The molecule has 0 radical (unpaired) electrons. The standard InChI is InChI=1S/C11H18BrNS/c1-3-5-9(4-2)13-8-11-10(12)6-7-14-11/h6-7,9,13H,3-5,8H2,1-2H3. The maximum absolute atomic E-state index is 3.59. The summed E-state index contributed by atoms with van der Waals surface area (Å²) in [6.07, 6.45) is 3.76. The van der Waals surface area contributed by atoms with Crippen molar-refractivity contribution in [1.82, 2.24) is 5.32 Å². The van der Waals surface area contributed by atoms with Gasteiger partial charge in [0.2, 0.25) is 0 Å². The molecular formula is C11H18BrNS. The largest absolute Gasteiger partial charge is 0.309 e. The monoisotopic (exact) mass is 275 g/mol. The van der Waals surface area contributed by atoms with Crippen molar-refractivity contribution in [1.29, 1.82) is 0 Å². The number of hydrogen-bond acceptors (Lipinski definition) is 2. The lowest BCUT2D eigenvalue weighted by Gasteiger charge is -2.15. The van der Waals surface area contributed by atoms with Crippen LogP contribution < -0.4 is 5.32 Å². The number of nitrogens with one attached hydrogen (secondary N) is 1. The van der Waals surface area contributed by atoms with E-state index in [4.69, 9.17) is 0 Å². The summed E-state index contributed by atoms with van der Waals surface area (Å²) in [4.78, 5) is 1.40. The van der Waals surface area contributed by atoms with Crippen LogP contribution in [0.2, 0.25) is 0 Å². The van der Waals surface area contributed by atoms with Crippen molar-refractivity contribution in [3.8, 4) is 0 Å². The van der Waals surface area contributed by atoms with E-state index >= 15 is 0 Å². The van der Waals surface area contributed by atoms with Gasteiger partial charge in [-0.15, -0.1) is 11.3 Å². The van der Waals surface area contributed by atoms with Gasteiger partial charge < -0.3 is 5.32 Å². The molecule has 1 atom stereocenters. The minimum atomic E-state index is 0.675. The van der Waals surface area contributed by atoms with E-state index in [1.54, 1.807) is 0 Å². The smallest absolute Gasteiger partial charge is 0.0327 e. The first-order valence-electron chi connectivity index (χ1n) is 5.23. The number of rotatable bonds is 6. The van der Waals surface area contributed by atoms with Gasteiger partial charge in [0.05, 0.1) is 0 Å². The molecule has 1 heterocycles. The highest BCUT2D eigenvalue weighted by atomic mass is 79.9. The fraction of sp³-hybridized carbons (Fsp3) is 0.636. The third-order valence-electron chi connectivity index (χ3n) is 2.37. The van der Waals surface area contributed by atoms with Gasteiger partial charge in [-0.3, -0.25) is 0 Å². The van der Waals surface area contributed by atoms with E-state index in [0.717, 1.165) is 6.54 Å². The Morgan fingerprint density at radius 3 is 2.79 bits per heavy atom. The van der Waals surface area contributed by atoms with Gasteiger partial charge in [-0.2, -0.15) is 0 Å². The van der Waals surface area contributed by atoms with Crippen LogP contribution in [0.5, 0.6) is 0 Å². The van der Waals surface area contributed by atoms with Crippen LogP contribution in [0.4, 0.5) is 0 Å². The van der Waals surface area contributed by atoms with E-state index in [0.29, 0.717) is 6.04 Å². The summed E-state index contributed by atoms with van der Waals surface area (Å²) in [6, 6.07) is 2.79. The maximum atomic E-state index is 3.59. The SMILES string of the molecule is CCCC(CC)NCc1sccc1Br. The summed E-state index contributed by atoms with van der Waals surface area (Å²) >= 11 is 5.36. The second-order valence-electron chi connectivity index (χ2n) is 3.47. The van der Waals surface area contributed by atoms with E-state index in [9.17, 15) is 0 Å². The first-order valence-corrected chi connectivity index (χ1v) is 6.90. The summed E-state index contributed by atoms with van der Waals surface area (Å²) in [5.74, 6) is 0. The zero-order chi connectivity index (χ0) is 10.4. The van der Waals surface area contributed by atoms with Crippen molar-refractivity contribution in [2.75, 3.05) is 0 Å². The van der Waals surface area contributed by atoms with Crippen molar-refractivity contribution < 1.29 is 0 Å². The van der Waals surface area contributed by atoms with Crippen LogP contribution in [0.15, 0.2) is 15.9 Å². The number of thiophene rings is 1. The number of halogens is 1. The molecule has 0 amide bonds. The lowest BCUT2D eigenvalue weighted by atomic mass is 10.1. The fourth-order valence-electron chi connectivity index (χ4n) is 1.49. The van der Waals surface area contributed by atoms with Crippen molar-refractivity contribution in [2.45, 2.75) is 45.7 Å². The van der Waals surface area contributed by atoms with E-state index in [2.05, 4.69) is 46.5 Å². The molecule has 0 aliphatic carbocycles. The van der Waals surface area contributed by atoms with Crippen LogP contribution in [-0.4, -0.2) is 6.04 Å². The average Bonchev–Trinajstić information content (AvgIpc) is 2.59. The van der Waals surface area contributed by atoms with Crippen LogP contribution in [0.1, 0.15) is 38.0 Å². The summed E-state index contributed by atoms with van der Waals surface area (Å²) < 4.78 is 1.24. The van der Waals surface area contributed by atoms with Gasteiger partial charge in [-0.05, 0) is 40.2 Å². The van der Waals surface area contributed by atoms with Gasteiger partial charge >= 0.3 is 0 Å². The molecule has 0 aliphatic heterocycles. The second kappa shape index (κ2) is 6.59. The Morgan fingerprint density at radius 2 is 2.29 bits per heavy atom. The minimum Gasteiger partial charge on any atom is -0.309 e. The molecule has 80 valence electrons. The molecule has 1 aromatic rings. The van der Waals surface area contributed by atoms with E-state index in [-0.39, 0.29) is 0 Å². The quantitative estimate of drug-likeness (QED) is 0.822. The van der Waals surface area contributed by atoms with Gasteiger partial charge in [0.25, 0.3) is 0 Å². The van der Waals surface area contributed by atoms with Crippen LogP contribution in [0.3, 0.4) is 0 Å². The zero-order valence-electron chi connectivity index (χ0n) is 8.85. The normalized spacial score (nSPS) is 13.1. The van der Waals surface area contributed by atoms with Crippen LogP contribution >= 0.6 is 27.3 Å². The van der Waals surface area contributed by atoms with Gasteiger partial charge in [-0.1, -0.05) is 20.3 Å². The Balaban J connectivity index is 2.35. The summed E-state index contributed by atoms with van der Waals surface area (Å²) in [5, 5.41) is 5.72. The van der Waals surface area contributed by atoms with Gasteiger partial charge in [0.1, 0.15) is 0 Å². The molecule has 1 rings (SSSR count). The van der Waals surface area contributed by atoms with Crippen LogP contribution in [0.25, 0.3) is 0 Å². The van der Waals surface area contributed by atoms with E-state index < -0.39 is 0 Å². The first-order chi connectivity index (χ1) is 6.77. The third-order valence-corrected chi connectivity index (χ3v) is 4.30. The molecule has 1 aromatic heterocycles. The van der Waals surface area contributed by atoms with Crippen molar-refractivity contribution in [3.05, 3.63) is 20.8 Å². The topological polar surface area (TPSA) is 12.0 Å². The lowest BCUT2D eigenvalue weighted by Crippen LogP contribution is -2.27. The third kappa shape index (κ3) is 3.71. The Hall–Kier alpha value is 0.140. The first kappa shape index (κ1) is 12.2. The lowest BCUT2D eigenvalue weighted by molar-refractivity contribution is 0.464. The molecule has 0 fully saturated rings. The fourth-order valence-corrected chi connectivity index (χ4v) is 2.93. The average molecular weight is 276 g/mol. The molecule has 0 bridgehead atoms. The maximum Gasteiger partial charge on any atom is 0.0327 e. The molecule has 0 aliphatic rings. The Kier molecular flexibility index (Phi) is 5.75. The Bertz CT molecular complexity index is 260. The highest BCUT2D eigenvalue weighted by Crippen LogP contribution is 2.22. The summed E-state index contributed by atoms with van der Waals surface area (Å²) in [6.45, 7) is 5.49. The highest BCUT2D eigenvalue weighted by molar-refractivity contribution is 9.10. The molecule has 0 spiro atoms. The molecule has 3 heteroatoms. The molecule has 0 saturated carbocycles. The van der Waals surface area contributed by atoms with Crippen LogP contribution in [-0.2, 0) is 6.54 Å². The highest BCUT2D eigenvalue weighted by Gasteiger charge is 2.06. The number of hydrogen-bond donors (Lipinski definition) is 1.